The highest BCUT2D eigenvalue weighted by molar-refractivity contribution is 5.83. The third-order valence-corrected chi connectivity index (χ3v) is 3.76. The van der Waals surface area contributed by atoms with Gasteiger partial charge in [0.05, 0.1) is 12.6 Å². The fourth-order valence-corrected chi connectivity index (χ4v) is 2.58. The highest BCUT2D eigenvalue weighted by Crippen LogP contribution is 2.20. The van der Waals surface area contributed by atoms with Gasteiger partial charge in [0, 0.05) is 37.4 Å². The Labute approximate surface area is 135 Å². The van der Waals surface area contributed by atoms with Gasteiger partial charge >= 0.3 is 0 Å². The van der Waals surface area contributed by atoms with Crippen LogP contribution >= 0.6 is 0 Å². The van der Waals surface area contributed by atoms with E-state index in [1.165, 1.54) is 10.9 Å². The molecule has 0 saturated carbocycles. The second-order valence-corrected chi connectivity index (χ2v) is 5.72. The van der Waals surface area contributed by atoms with Crippen molar-refractivity contribution >= 4 is 22.7 Å². The van der Waals surface area contributed by atoms with Crippen LogP contribution in [0.1, 0.15) is 5.56 Å². The molecule has 0 aliphatic rings. The third-order valence-electron chi connectivity index (χ3n) is 3.76. The quantitative estimate of drug-likeness (QED) is 0.649. The molecule has 120 valence electrons. The zero-order chi connectivity index (χ0) is 16.2. The number of anilines is 2. The first-order valence-electron chi connectivity index (χ1n) is 7.60. The smallest absolute Gasteiger partial charge is 0.226 e. The number of rotatable bonds is 6. The van der Waals surface area contributed by atoms with E-state index >= 15 is 0 Å². The van der Waals surface area contributed by atoms with Crippen LogP contribution in [0.2, 0.25) is 0 Å². The Morgan fingerprint density at radius 2 is 2.09 bits per heavy atom. The monoisotopic (exact) mass is 311 g/mol. The molecule has 0 unspecified atom stereocenters. The van der Waals surface area contributed by atoms with E-state index in [2.05, 4.69) is 26.3 Å². The fraction of sp³-hybridized carbons (Fsp3) is 0.294. The molecule has 0 fully saturated rings. The Hall–Kier alpha value is -2.60. The summed E-state index contributed by atoms with van der Waals surface area (Å²) in [5.74, 6) is 1.35. The SMILES string of the molecule is CN(C)c1nccc(N[C@H](CO)Cc2c[nH]c3ccccc23)n1. The summed E-state index contributed by atoms with van der Waals surface area (Å²) >= 11 is 0. The number of hydrogen-bond acceptors (Lipinski definition) is 5. The van der Waals surface area contributed by atoms with Crippen LogP contribution < -0.4 is 10.2 Å². The standard InChI is InChI=1S/C17H21N5O/c1-22(2)17-18-8-7-16(21-17)20-13(11-23)9-12-10-19-15-6-4-3-5-14(12)15/h3-8,10,13,19,23H,9,11H2,1-2H3,(H,18,20,21)/t13-/m0/s1. The van der Waals surface area contributed by atoms with Gasteiger partial charge in [-0.25, -0.2) is 4.98 Å². The molecule has 1 atom stereocenters. The first-order chi connectivity index (χ1) is 11.2. The van der Waals surface area contributed by atoms with Crippen LogP contribution in [-0.4, -0.2) is 46.8 Å². The van der Waals surface area contributed by atoms with Gasteiger partial charge < -0.3 is 20.3 Å². The number of fused-ring (bicyclic) bond motifs is 1. The van der Waals surface area contributed by atoms with Gasteiger partial charge in [-0.3, -0.25) is 0 Å². The Morgan fingerprint density at radius 3 is 2.87 bits per heavy atom. The van der Waals surface area contributed by atoms with Crippen LogP contribution in [0.15, 0.2) is 42.7 Å². The molecule has 6 heteroatoms. The van der Waals surface area contributed by atoms with Gasteiger partial charge in [-0.05, 0) is 24.1 Å². The van der Waals surface area contributed by atoms with Crippen molar-refractivity contribution in [2.45, 2.75) is 12.5 Å². The van der Waals surface area contributed by atoms with E-state index in [1.807, 2.05) is 49.5 Å². The van der Waals surface area contributed by atoms with Crippen LogP contribution in [0.4, 0.5) is 11.8 Å². The van der Waals surface area contributed by atoms with Gasteiger partial charge in [0.15, 0.2) is 0 Å². The van der Waals surface area contributed by atoms with Crippen molar-refractivity contribution in [3.63, 3.8) is 0 Å². The molecule has 6 nitrogen and oxygen atoms in total. The maximum Gasteiger partial charge on any atom is 0.226 e. The lowest BCUT2D eigenvalue weighted by atomic mass is 10.1. The van der Waals surface area contributed by atoms with Crippen LogP contribution in [0.5, 0.6) is 0 Å². The number of aliphatic hydroxyl groups excluding tert-OH is 1. The molecular formula is C17H21N5O. The van der Waals surface area contributed by atoms with Crippen LogP contribution in [0.25, 0.3) is 10.9 Å². The molecule has 3 aromatic rings. The maximum atomic E-state index is 9.71. The van der Waals surface area contributed by atoms with Gasteiger partial charge in [-0.1, -0.05) is 18.2 Å². The van der Waals surface area contributed by atoms with Gasteiger partial charge in [-0.15, -0.1) is 0 Å². The number of nitrogens with zero attached hydrogens (tertiary/aromatic N) is 3. The summed E-state index contributed by atoms with van der Waals surface area (Å²) in [6.07, 6.45) is 4.42. The molecule has 0 aliphatic carbocycles. The van der Waals surface area contributed by atoms with Gasteiger partial charge in [0.2, 0.25) is 5.95 Å². The van der Waals surface area contributed by atoms with E-state index in [1.54, 1.807) is 6.20 Å². The average Bonchev–Trinajstić information content (AvgIpc) is 2.97. The molecule has 3 rings (SSSR count). The van der Waals surface area contributed by atoms with E-state index in [0.717, 1.165) is 5.52 Å². The lowest BCUT2D eigenvalue weighted by Crippen LogP contribution is -2.27. The molecule has 23 heavy (non-hydrogen) atoms. The largest absolute Gasteiger partial charge is 0.394 e. The number of benzene rings is 1. The minimum atomic E-state index is -0.112. The second kappa shape index (κ2) is 6.66. The summed E-state index contributed by atoms with van der Waals surface area (Å²) in [5, 5.41) is 14.2. The van der Waals surface area contributed by atoms with Crippen molar-refractivity contribution in [1.82, 2.24) is 15.0 Å². The lowest BCUT2D eigenvalue weighted by molar-refractivity contribution is 0.273. The highest BCUT2D eigenvalue weighted by Gasteiger charge is 2.13. The molecule has 2 aromatic heterocycles. The summed E-state index contributed by atoms with van der Waals surface area (Å²) in [6.45, 7) is 0.0286. The van der Waals surface area contributed by atoms with E-state index in [0.29, 0.717) is 18.2 Å². The fourth-order valence-electron chi connectivity index (χ4n) is 2.58. The summed E-state index contributed by atoms with van der Waals surface area (Å²) in [6, 6.07) is 9.87. The van der Waals surface area contributed by atoms with E-state index < -0.39 is 0 Å². The average molecular weight is 311 g/mol. The minimum absolute atomic E-state index is 0.0286. The van der Waals surface area contributed by atoms with Crippen LogP contribution in [-0.2, 0) is 6.42 Å². The second-order valence-electron chi connectivity index (χ2n) is 5.72. The van der Waals surface area contributed by atoms with E-state index in [4.69, 9.17) is 0 Å². The molecule has 2 heterocycles. The molecule has 0 amide bonds. The number of aromatic amines is 1. The van der Waals surface area contributed by atoms with Crippen LogP contribution in [0.3, 0.4) is 0 Å². The Bertz CT molecular complexity index is 783. The molecular weight excluding hydrogens is 290 g/mol. The third kappa shape index (κ3) is 3.43. The normalized spacial score (nSPS) is 12.3. The van der Waals surface area contributed by atoms with Crippen molar-refractivity contribution in [2.75, 3.05) is 30.9 Å². The number of nitrogens with one attached hydrogen (secondary N) is 2. The first kappa shape index (κ1) is 15.3. The summed E-state index contributed by atoms with van der Waals surface area (Å²) in [5.41, 5.74) is 2.28. The first-order valence-corrected chi connectivity index (χ1v) is 7.60. The van der Waals surface area contributed by atoms with Crippen molar-refractivity contribution in [1.29, 1.82) is 0 Å². The van der Waals surface area contributed by atoms with Crippen molar-refractivity contribution in [3.05, 3.63) is 48.3 Å². The van der Waals surface area contributed by atoms with Crippen LogP contribution in [0, 0.1) is 0 Å². The molecule has 0 spiro atoms. The van der Waals surface area contributed by atoms with Crippen molar-refractivity contribution in [2.24, 2.45) is 0 Å². The molecule has 0 aliphatic heterocycles. The number of aromatic nitrogens is 3. The van der Waals surface area contributed by atoms with Crippen molar-refractivity contribution < 1.29 is 5.11 Å². The molecule has 1 aromatic carbocycles. The van der Waals surface area contributed by atoms with Gasteiger partial charge in [-0.2, -0.15) is 4.98 Å². The summed E-state index contributed by atoms with van der Waals surface area (Å²) < 4.78 is 0. The predicted molar refractivity (Wildman–Crippen MR) is 92.9 cm³/mol. The molecule has 0 bridgehead atoms. The van der Waals surface area contributed by atoms with E-state index in [-0.39, 0.29) is 12.6 Å². The number of hydrogen-bond donors (Lipinski definition) is 3. The topological polar surface area (TPSA) is 77.1 Å². The zero-order valence-electron chi connectivity index (χ0n) is 13.3. The molecule has 3 N–H and O–H groups in total. The van der Waals surface area contributed by atoms with Crippen molar-refractivity contribution in [3.8, 4) is 0 Å². The Kier molecular flexibility index (Phi) is 4.43. The van der Waals surface area contributed by atoms with Gasteiger partial charge in [0.1, 0.15) is 5.82 Å². The van der Waals surface area contributed by atoms with E-state index in [9.17, 15) is 5.11 Å². The summed E-state index contributed by atoms with van der Waals surface area (Å²) in [4.78, 5) is 13.7. The molecule has 0 saturated heterocycles. The lowest BCUT2D eigenvalue weighted by Gasteiger charge is -2.18. The maximum absolute atomic E-state index is 9.71. The zero-order valence-corrected chi connectivity index (χ0v) is 13.3. The molecule has 0 radical (unpaired) electrons. The Morgan fingerprint density at radius 1 is 1.26 bits per heavy atom. The Balaban J connectivity index is 1.77. The van der Waals surface area contributed by atoms with Gasteiger partial charge in [0.25, 0.3) is 0 Å². The predicted octanol–water partition coefficient (Wildman–Crippen LogP) is 2.04. The number of H-pyrrole nitrogens is 1. The summed E-state index contributed by atoms with van der Waals surface area (Å²) in [7, 11) is 3.79. The number of aliphatic hydroxyl groups is 1. The minimum Gasteiger partial charge on any atom is -0.394 e. The highest BCUT2D eigenvalue weighted by atomic mass is 16.3. The number of para-hydroxylation sites is 1.